The zero-order valence-corrected chi connectivity index (χ0v) is 10.6. The van der Waals surface area contributed by atoms with Gasteiger partial charge in [-0.25, -0.2) is 4.79 Å². The Morgan fingerprint density at radius 3 is 2.88 bits per heavy atom. The number of halogens is 1. The molecule has 4 nitrogen and oxygen atoms in total. The standard InChI is InChI=1S/C12H16ClNO3/c1-16-9(15)12(13)8-3-2-6-14(8)17-11(12)7-10(11)4-5-10/h8H,2-7H2,1H3/t8-,11?,12+/m0/s1. The zero-order valence-electron chi connectivity index (χ0n) is 9.87. The van der Waals surface area contributed by atoms with Crippen LogP contribution in [0.25, 0.3) is 0 Å². The monoisotopic (exact) mass is 257 g/mol. The number of alkyl halides is 1. The van der Waals surface area contributed by atoms with Crippen LogP contribution < -0.4 is 0 Å². The van der Waals surface area contributed by atoms with E-state index in [-0.39, 0.29) is 17.4 Å². The third-order valence-corrected chi connectivity index (χ3v) is 5.89. The molecule has 0 amide bonds. The van der Waals surface area contributed by atoms with E-state index in [0.29, 0.717) is 0 Å². The molecule has 0 aromatic carbocycles. The molecular weight excluding hydrogens is 242 g/mol. The highest BCUT2D eigenvalue weighted by molar-refractivity contribution is 6.36. The number of carbonyl (C=O) groups is 1. The Bertz CT molecular complexity index is 411. The molecule has 0 radical (unpaired) electrons. The maximum absolute atomic E-state index is 12.2. The third kappa shape index (κ3) is 0.946. The van der Waals surface area contributed by atoms with Gasteiger partial charge in [-0.3, -0.25) is 4.84 Å². The summed E-state index contributed by atoms with van der Waals surface area (Å²) < 4.78 is 4.96. The van der Waals surface area contributed by atoms with E-state index in [0.717, 1.165) is 38.6 Å². The minimum atomic E-state index is -0.977. The number of carbonyl (C=O) groups excluding carboxylic acids is 1. The van der Waals surface area contributed by atoms with E-state index < -0.39 is 10.5 Å². The molecule has 5 heteroatoms. The highest BCUT2D eigenvalue weighted by atomic mass is 35.5. The average Bonchev–Trinajstić information content (AvgIpc) is 3.14. The van der Waals surface area contributed by atoms with Crippen molar-refractivity contribution in [2.75, 3.05) is 13.7 Å². The van der Waals surface area contributed by atoms with Gasteiger partial charge in [0.25, 0.3) is 0 Å². The van der Waals surface area contributed by atoms with Gasteiger partial charge in [0.05, 0.1) is 13.2 Å². The normalized spacial score (nSPS) is 49.6. The molecule has 0 N–H and O–H groups in total. The first-order valence-corrected chi connectivity index (χ1v) is 6.71. The van der Waals surface area contributed by atoms with Crippen molar-refractivity contribution < 1.29 is 14.4 Å². The summed E-state index contributed by atoms with van der Waals surface area (Å²) in [5, 5.41) is 1.94. The quantitative estimate of drug-likeness (QED) is 0.527. The fraction of sp³-hybridized carbons (Fsp3) is 0.917. The van der Waals surface area contributed by atoms with Gasteiger partial charge in [0, 0.05) is 12.0 Å². The van der Waals surface area contributed by atoms with E-state index in [9.17, 15) is 4.79 Å². The maximum atomic E-state index is 12.2. The first kappa shape index (κ1) is 10.6. The van der Waals surface area contributed by atoms with Gasteiger partial charge in [-0.15, -0.1) is 11.6 Å². The molecule has 0 bridgehead atoms. The summed E-state index contributed by atoms with van der Waals surface area (Å²) in [6.45, 7) is 0.883. The molecule has 2 aliphatic carbocycles. The predicted molar refractivity (Wildman–Crippen MR) is 60.4 cm³/mol. The van der Waals surface area contributed by atoms with E-state index >= 15 is 0 Å². The molecule has 4 rings (SSSR count). The van der Waals surface area contributed by atoms with Gasteiger partial charge in [-0.2, -0.15) is 5.06 Å². The molecule has 3 atom stereocenters. The van der Waals surface area contributed by atoms with Crippen LogP contribution in [-0.2, 0) is 14.4 Å². The number of methoxy groups -OCH3 is 1. The summed E-state index contributed by atoms with van der Waals surface area (Å²) in [5.41, 5.74) is -0.271. The van der Waals surface area contributed by atoms with E-state index in [4.69, 9.17) is 21.2 Å². The molecular formula is C12H16ClNO3. The van der Waals surface area contributed by atoms with Gasteiger partial charge in [0.1, 0.15) is 5.60 Å². The first-order chi connectivity index (χ1) is 8.10. The lowest BCUT2D eigenvalue weighted by molar-refractivity contribution is -0.169. The topological polar surface area (TPSA) is 38.8 Å². The highest BCUT2D eigenvalue weighted by Crippen LogP contribution is 2.82. The van der Waals surface area contributed by atoms with Crippen molar-refractivity contribution in [2.24, 2.45) is 5.41 Å². The van der Waals surface area contributed by atoms with Gasteiger partial charge in [-0.05, 0) is 32.1 Å². The first-order valence-electron chi connectivity index (χ1n) is 6.33. The maximum Gasteiger partial charge on any atom is 0.331 e. The van der Waals surface area contributed by atoms with Crippen molar-refractivity contribution in [3.05, 3.63) is 0 Å². The number of hydrogen-bond donors (Lipinski definition) is 0. The zero-order chi connectivity index (χ0) is 11.9. The average molecular weight is 258 g/mol. The summed E-state index contributed by atoms with van der Waals surface area (Å²) in [7, 11) is 1.42. The molecule has 1 unspecified atom stereocenters. The second-order valence-corrected chi connectivity index (χ2v) is 6.47. The van der Waals surface area contributed by atoms with Crippen molar-refractivity contribution in [3.63, 3.8) is 0 Å². The SMILES string of the molecule is COC(=O)[C@]1(Cl)[C@@H]2CCCN2OC12CC21CC1. The van der Waals surface area contributed by atoms with E-state index in [1.54, 1.807) is 0 Å². The van der Waals surface area contributed by atoms with Crippen molar-refractivity contribution in [3.8, 4) is 0 Å². The van der Waals surface area contributed by atoms with Crippen LogP contribution in [0.2, 0.25) is 0 Å². The Kier molecular flexibility index (Phi) is 1.75. The number of esters is 1. The van der Waals surface area contributed by atoms with Crippen molar-refractivity contribution >= 4 is 17.6 Å². The number of rotatable bonds is 1. The molecule has 2 spiro atoms. The van der Waals surface area contributed by atoms with Crippen molar-refractivity contribution in [1.82, 2.24) is 5.06 Å². The Labute approximate surface area is 105 Å². The second kappa shape index (κ2) is 2.81. The minimum absolute atomic E-state index is 0.00316. The molecule has 2 heterocycles. The molecule has 17 heavy (non-hydrogen) atoms. The van der Waals surface area contributed by atoms with Gasteiger partial charge in [0.2, 0.25) is 0 Å². The second-order valence-electron chi connectivity index (χ2n) is 5.88. The van der Waals surface area contributed by atoms with Crippen LogP contribution in [0.3, 0.4) is 0 Å². The lowest BCUT2D eigenvalue weighted by Gasteiger charge is -2.28. The van der Waals surface area contributed by atoms with Crippen LogP contribution in [0.15, 0.2) is 0 Å². The number of ether oxygens (including phenoxy) is 1. The van der Waals surface area contributed by atoms with Crippen LogP contribution in [-0.4, -0.2) is 41.2 Å². The van der Waals surface area contributed by atoms with Crippen LogP contribution >= 0.6 is 11.6 Å². The smallest absolute Gasteiger partial charge is 0.331 e. The molecule has 2 aliphatic heterocycles. The Hall–Kier alpha value is -0.320. The number of nitrogens with zero attached hydrogens (tertiary/aromatic N) is 1. The number of hydroxylamine groups is 2. The minimum Gasteiger partial charge on any atom is -0.468 e. The van der Waals surface area contributed by atoms with Crippen LogP contribution in [0.1, 0.15) is 32.1 Å². The molecule has 94 valence electrons. The van der Waals surface area contributed by atoms with E-state index in [2.05, 4.69) is 0 Å². The number of fused-ring (bicyclic) bond motifs is 2. The number of hydrogen-bond acceptors (Lipinski definition) is 4. The van der Waals surface area contributed by atoms with E-state index in [1.165, 1.54) is 7.11 Å². The Morgan fingerprint density at radius 2 is 2.29 bits per heavy atom. The van der Waals surface area contributed by atoms with Gasteiger partial charge in [-0.1, -0.05) is 0 Å². The summed E-state index contributed by atoms with van der Waals surface area (Å²) in [4.78, 5) is 17.3. The predicted octanol–water partition coefficient (Wildman–Crippen LogP) is 1.47. The Balaban J connectivity index is 1.79. The molecule has 4 aliphatic rings. The molecule has 2 saturated heterocycles. The molecule has 4 fully saturated rings. The summed E-state index contributed by atoms with van der Waals surface area (Å²) in [6, 6.07) is -0.00316. The third-order valence-electron chi connectivity index (χ3n) is 5.18. The van der Waals surface area contributed by atoms with Crippen molar-refractivity contribution in [2.45, 2.75) is 48.6 Å². The Morgan fingerprint density at radius 1 is 1.53 bits per heavy atom. The fourth-order valence-electron chi connectivity index (χ4n) is 4.04. The van der Waals surface area contributed by atoms with Crippen LogP contribution in [0, 0.1) is 5.41 Å². The lowest BCUT2D eigenvalue weighted by atomic mass is 9.88. The van der Waals surface area contributed by atoms with Crippen LogP contribution in [0.5, 0.6) is 0 Å². The van der Waals surface area contributed by atoms with Crippen LogP contribution in [0.4, 0.5) is 0 Å². The van der Waals surface area contributed by atoms with Gasteiger partial charge in [0.15, 0.2) is 4.87 Å². The van der Waals surface area contributed by atoms with Gasteiger partial charge >= 0.3 is 5.97 Å². The molecule has 0 aromatic heterocycles. The highest BCUT2D eigenvalue weighted by Gasteiger charge is 2.90. The summed E-state index contributed by atoms with van der Waals surface area (Å²) in [6.07, 6.45) is 5.17. The molecule has 2 saturated carbocycles. The van der Waals surface area contributed by atoms with Gasteiger partial charge < -0.3 is 4.74 Å². The van der Waals surface area contributed by atoms with E-state index in [1.807, 2.05) is 5.06 Å². The fourth-order valence-corrected chi connectivity index (χ4v) is 4.64. The molecule has 0 aromatic rings. The summed E-state index contributed by atoms with van der Waals surface area (Å²) >= 11 is 6.76. The summed E-state index contributed by atoms with van der Waals surface area (Å²) in [5.74, 6) is -0.308. The largest absolute Gasteiger partial charge is 0.468 e. The lowest BCUT2D eigenvalue weighted by Crippen LogP contribution is -2.52. The van der Waals surface area contributed by atoms with Crippen molar-refractivity contribution in [1.29, 1.82) is 0 Å².